The molecule has 5 aromatic heterocycles. The van der Waals surface area contributed by atoms with E-state index >= 15 is 0 Å². The fourth-order valence-electron chi connectivity index (χ4n) is 3.56. The zero-order chi connectivity index (χ0) is 23.4. The van der Waals surface area contributed by atoms with Crippen molar-refractivity contribution in [1.29, 1.82) is 0 Å². The summed E-state index contributed by atoms with van der Waals surface area (Å²) in [5.41, 5.74) is 0. The van der Waals surface area contributed by atoms with E-state index in [1.54, 1.807) is 9.00 Å². The van der Waals surface area contributed by atoms with Gasteiger partial charge >= 0.3 is 0 Å². The summed E-state index contributed by atoms with van der Waals surface area (Å²) in [5.74, 6) is 0. The molecule has 0 radical (unpaired) electrons. The molecule has 0 nitrogen and oxygen atoms in total. The second kappa shape index (κ2) is 8.86. The fourth-order valence-corrected chi connectivity index (χ4v) is 12.7. The number of thiophene rings is 5. The van der Waals surface area contributed by atoms with Crippen molar-refractivity contribution >= 4 is 81.8 Å². The highest BCUT2D eigenvalue weighted by Gasteiger charge is 2.21. The van der Waals surface area contributed by atoms with Crippen LogP contribution in [0.5, 0.6) is 0 Å². The van der Waals surface area contributed by atoms with Crippen LogP contribution in [0.3, 0.4) is 0 Å². The normalized spacial score (nSPS) is 12.5. The predicted octanol–water partition coefficient (Wildman–Crippen LogP) is 9.75. The minimum atomic E-state index is -1.24. The van der Waals surface area contributed by atoms with E-state index in [1.165, 1.54) is 39.0 Å². The van der Waals surface area contributed by atoms with Gasteiger partial charge in [-0.2, -0.15) is 0 Å². The lowest BCUT2D eigenvalue weighted by Gasteiger charge is -2.12. The Labute approximate surface area is 219 Å². The van der Waals surface area contributed by atoms with Crippen LogP contribution in [0.2, 0.25) is 39.3 Å². The van der Waals surface area contributed by atoms with E-state index in [1.807, 2.05) is 56.7 Å². The van der Waals surface area contributed by atoms with E-state index in [4.69, 9.17) is 0 Å². The summed E-state index contributed by atoms with van der Waals surface area (Å²) in [7, 11) is -2.48. The van der Waals surface area contributed by atoms with E-state index in [-0.39, 0.29) is 0 Å². The molecular formula is C26H28S5Si2. The maximum Gasteiger partial charge on any atom is 0.0904 e. The molecule has 5 rings (SSSR count). The summed E-state index contributed by atoms with van der Waals surface area (Å²) in [4.78, 5) is 11.1. The van der Waals surface area contributed by atoms with Crippen molar-refractivity contribution in [3.05, 3.63) is 60.7 Å². The molecule has 0 saturated heterocycles. The molecule has 170 valence electrons. The average molecular weight is 557 g/mol. The van der Waals surface area contributed by atoms with Crippen LogP contribution in [0.15, 0.2) is 60.7 Å². The summed E-state index contributed by atoms with van der Waals surface area (Å²) in [5, 5.41) is 0. The van der Waals surface area contributed by atoms with Gasteiger partial charge in [-0.1, -0.05) is 51.4 Å². The van der Waals surface area contributed by atoms with Crippen LogP contribution in [-0.2, 0) is 0 Å². The van der Waals surface area contributed by atoms with E-state index in [0.29, 0.717) is 0 Å². The second-order valence-electron chi connectivity index (χ2n) is 10.3. The molecule has 0 aromatic carbocycles. The second-order valence-corrected chi connectivity index (χ2v) is 26.5. The minimum absolute atomic E-state index is 1.24. The molecule has 0 unspecified atom stereocenters. The molecule has 7 heteroatoms. The summed E-state index contributed by atoms with van der Waals surface area (Å²) < 4.78 is 3.17. The third kappa shape index (κ3) is 5.00. The Hall–Kier alpha value is -1.07. The molecule has 0 aliphatic heterocycles. The van der Waals surface area contributed by atoms with Crippen molar-refractivity contribution in [2.45, 2.75) is 39.3 Å². The molecule has 0 fully saturated rings. The molecule has 0 spiro atoms. The van der Waals surface area contributed by atoms with Crippen molar-refractivity contribution in [2.24, 2.45) is 0 Å². The predicted molar refractivity (Wildman–Crippen MR) is 164 cm³/mol. The van der Waals surface area contributed by atoms with Gasteiger partial charge < -0.3 is 0 Å². The lowest BCUT2D eigenvalue weighted by atomic mass is 10.3. The lowest BCUT2D eigenvalue weighted by Crippen LogP contribution is -2.34. The zero-order valence-electron chi connectivity index (χ0n) is 19.8. The molecule has 0 saturated carbocycles. The first-order valence-electron chi connectivity index (χ1n) is 11.1. The maximum absolute atomic E-state index is 2.43. The maximum atomic E-state index is 2.43. The van der Waals surface area contributed by atoms with Gasteiger partial charge in [-0.05, 0) is 57.5 Å². The molecule has 0 amide bonds. The minimum Gasteiger partial charge on any atom is -0.144 e. The van der Waals surface area contributed by atoms with Crippen LogP contribution in [-0.4, -0.2) is 16.1 Å². The Bertz CT molecular complexity index is 1290. The molecule has 5 aromatic rings. The number of hydrogen-bond donors (Lipinski definition) is 0. The Morgan fingerprint density at radius 3 is 0.758 bits per heavy atom. The zero-order valence-corrected chi connectivity index (χ0v) is 25.9. The summed E-state index contributed by atoms with van der Waals surface area (Å²) in [6, 6.07) is 23.1. The monoisotopic (exact) mass is 556 g/mol. The summed E-state index contributed by atoms with van der Waals surface area (Å²) in [6.07, 6.45) is 0. The highest BCUT2D eigenvalue weighted by Crippen LogP contribution is 2.44. The van der Waals surface area contributed by atoms with Crippen molar-refractivity contribution < 1.29 is 0 Å². The highest BCUT2D eigenvalue weighted by molar-refractivity contribution is 7.33. The molecule has 0 aliphatic rings. The Morgan fingerprint density at radius 2 is 0.545 bits per heavy atom. The van der Waals surface area contributed by atoms with Crippen molar-refractivity contribution in [2.75, 3.05) is 0 Å². The third-order valence-electron chi connectivity index (χ3n) is 5.48. The van der Waals surface area contributed by atoms with Crippen LogP contribution in [0.4, 0.5) is 0 Å². The van der Waals surface area contributed by atoms with Gasteiger partial charge in [0.2, 0.25) is 0 Å². The first-order chi connectivity index (χ1) is 15.6. The molecule has 33 heavy (non-hydrogen) atoms. The molecule has 0 bridgehead atoms. The van der Waals surface area contributed by atoms with Crippen molar-refractivity contribution in [1.82, 2.24) is 0 Å². The standard InChI is InChI=1S/C26H28S5Si2/c1-32(2,3)25-15-13-23(30-25)21-11-9-19(28-21)17-7-8-18(27-17)20-10-12-22(29-20)24-14-16-26(31-24)33(4,5)6/h7-16H,1-6H3. The smallest absolute Gasteiger partial charge is 0.0904 e. The van der Waals surface area contributed by atoms with E-state index in [9.17, 15) is 0 Å². The number of hydrogen-bond acceptors (Lipinski definition) is 5. The first-order valence-corrected chi connectivity index (χ1v) is 22.2. The van der Waals surface area contributed by atoms with Gasteiger partial charge in [-0.15, -0.1) is 56.7 Å². The fraction of sp³-hybridized carbons (Fsp3) is 0.231. The van der Waals surface area contributed by atoms with Gasteiger partial charge in [0, 0.05) is 39.0 Å². The summed E-state index contributed by atoms with van der Waals surface area (Å²) in [6.45, 7) is 14.6. The lowest BCUT2D eigenvalue weighted by molar-refractivity contribution is 1.78. The summed E-state index contributed by atoms with van der Waals surface area (Å²) >= 11 is 9.74. The average Bonchev–Trinajstić information content (AvgIpc) is 3.56. The molecule has 0 N–H and O–H groups in total. The van der Waals surface area contributed by atoms with Gasteiger partial charge in [0.1, 0.15) is 0 Å². The van der Waals surface area contributed by atoms with Gasteiger partial charge in [-0.3, -0.25) is 0 Å². The van der Waals surface area contributed by atoms with Gasteiger partial charge in [0.25, 0.3) is 0 Å². The third-order valence-corrected chi connectivity index (χ3v) is 18.9. The van der Waals surface area contributed by atoms with Crippen LogP contribution >= 0.6 is 56.7 Å². The molecule has 0 aliphatic carbocycles. The van der Waals surface area contributed by atoms with Crippen LogP contribution < -0.4 is 9.00 Å². The Kier molecular flexibility index (Phi) is 6.35. The largest absolute Gasteiger partial charge is 0.144 e. The van der Waals surface area contributed by atoms with Crippen molar-refractivity contribution in [3.8, 4) is 39.0 Å². The van der Waals surface area contributed by atoms with Crippen LogP contribution in [0, 0.1) is 0 Å². The van der Waals surface area contributed by atoms with E-state index < -0.39 is 16.1 Å². The Morgan fingerprint density at radius 1 is 0.333 bits per heavy atom. The SMILES string of the molecule is C[Si](C)(C)c1ccc(-c2ccc(-c3ccc(-c4ccc(-c5ccc([Si](C)(C)C)s5)s4)s3)s2)s1. The number of rotatable bonds is 6. The highest BCUT2D eigenvalue weighted by atomic mass is 32.1. The molecule has 5 heterocycles. The molecular weight excluding hydrogens is 529 g/mol. The van der Waals surface area contributed by atoms with Gasteiger partial charge in [-0.25, -0.2) is 0 Å². The quantitative estimate of drug-likeness (QED) is 0.183. The Balaban J connectivity index is 1.36. The topological polar surface area (TPSA) is 0 Å². The van der Waals surface area contributed by atoms with Gasteiger partial charge in [0.05, 0.1) is 16.1 Å². The van der Waals surface area contributed by atoms with Crippen LogP contribution in [0.25, 0.3) is 39.0 Å². The van der Waals surface area contributed by atoms with Crippen molar-refractivity contribution in [3.63, 3.8) is 0 Å². The van der Waals surface area contributed by atoms with E-state index in [0.717, 1.165) is 0 Å². The van der Waals surface area contributed by atoms with Crippen LogP contribution in [0.1, 0.15) is 0 Å². The van der Waals surface area contributed by atoms with Gasteiger partial charge in [0.15, 0.2) is 0 Å². The van der Waals surface area contributed by atoms with E-state index in [2.05, 4.69) is 99.9 Å². The molecule has 0 atom stereocenters. The first kappa shape index (κ1) is 23.7.